The normalized spacial score (nSPS) is 14.6. The lowest BCUT2D eigenvalue weighted by molar-refractivity contribution is -0.116. The summed E-state index contributed by atoms with van der Waals surface area (Å²) in [5.74, 6) is 0.336. The molecule has 0 atom stereocenters. The second-order valence-corrected chi connectivity index (χ2v) is 8.25. The van der Waals surface area contributed by atoms with Gasteiger partial charge in [0.05, 0.1) is 12.2 Å². The lowest BCUT2D eigenvalue weighted by atomic mass is 10.1. The molecule has 0 radical (unpaired) electrons. The number of pyridine rings is 1. The second-order valence-electron chi connectivity index (χ2n) is 8.25. The molecular weight excluding hydrogens is 418 g/mol. The van der Waals surface area contributed by atoms with Gasteiger partial charge < -0.3 is 24.4 Å². The number of nitrogens with one attached hydrogen (secondary N) is 1. The third-order valence-electron chi connectivity index (χ3n) is 6.15. The SMILES string of the molecule is CCOC(=O)c1c(/C=C/C(=O)NCc2cccnc2N2CCN(C)CC2)c(C)n(CC)c1C. The van der Waals surface area contributed by atoms with Gasteiger partial charge in [-0.2, -0.15) is 0 Å². The highest BCUT2D eigenvalue weighted by Crippen LogP contribution is 2.25. The molecule has 0 aromatic carbocycles. The van der Waals surface area contributed by atoms with Crippen molar-refractivity contribution in [3.8, 4) is 0 Å². The molecule has 0 spiro atoms. The van der Waals surface area contributed by atoms with Gasteiger partial charge in [0.2, 0.25) is 5.91 Å². The van der Waals surface area contributed by atoms with Gasteiger partial charge in [0.15, 0.2) is 0 Å². The first kappa shape index (κ1) is 24.5. The lowest BCUT2D eigenvalue weighted by Gasteiger charge is -2.34. The Morgan fingerprint density at radius 3 is 2.55 bits per heavy atom. The van der Waals surface area contributed by atoms with Gasteiger partial charge in [-0.05, 0) is 46.9 Å². The van der Waals surface area contributed by atoms with Gasteiger partial charge in [-0.25, -0.2) is 9.78 Å². The van der Waals surface area contributed by atoms with Crippen LogP contribution in [0.25, 0.3) is 6.08 Å². The fourth-order valence-electron chi connectivity index (χ4n) is 4.32. The van der Waals surface area contributed by atoms with Crippen LogP contribution < -0.4 is 10.2 Å². The highest BCUT2D eigenvalue weighted by atomic mass is 16.5. The number of carbonyl (C=O) groups excluding carboxylic acids is 2. The average molecular weight is 454 g/mol. The summed E-state index contributed by atoms with van der Waals surface area (Å²) in [7, 11) is 2.12. The first-order chi connectivity index (χ1) is 15.9. The Balaban J connectivity index is 1.73. The molecule has 1 saturated heterocycles. The van der Waals surface area contributed by atoms with Crippen molar-refractivity contribution in [1.82, 2.24) is 19.8 Å². The van der Waals surface area contributed by atoms with Crippen LogP contribution in [0.3, 0.4) is 0 Å². The summed E-state index contributed by atoms with van der Waals surface area (Å²) in [6.45, 7) is 12.9. The Morgan fingerprint density at radius 2 is 1.88 bits per heavy atom. The standard InChI is InChI=1S/C25H35N5O3/c1-6-30-18(3)21(23(19(30)4)25(32)33-7-2)10-11-22(31)27-17-20-9-8-12-26-24(20)29-15-13-28(5)14-16-29/h8-12H,6-7,13-17H2,1-5H3,(H,27,31)/b11-10+. The van der Waals surface area contributed by atoms with Crippen LogP contribution in [0.1, 0.15) is 46.7 Å². The third-order valence-corrected chi connectivity index (χ3v) is 6.15. The molecule has 2 aromatic heterocycles. The molecule has 1 N–H and O–H groups in total. The molecule has 1 aliphatic rings. The number of carbonyl (C=O) groups is 2. The number of hydrogen-bond acceptors (Lipinski definition) is 6. The molecule has 3 heterocycles. The van der Waals surface area contributed by atoms with E-state index in [-0.39, 0.29) is 11.9 Å². The molecule has 8 heteroatoms. The highest BCUT2D eigenvalue weighted by Gasteiger charge is 2.22. The Labute approximate surface area is 196 Å². The van der Waals surface area contributed by atoms with E-state index in [1.54, 1.807) is 19.2 Å². The van der Waals surface area contributed by atoms with Crippen LogP contribution in [0, 0.1) is 13.8 Å². The van der Waals surface area contributed by atoms with E-state index in [1.807, 2.05) is 32.9 Å². The average Bonchev–Trinajstić information content (AvgIpc) is 3.05. The Kier molecular flexibility index (Phi) is 8.27. The molecule has 0 aliphatic carbocycles. The summed E-state index contributed by atoms with van der Waals surface area (Å²) >= 11 is 0. The second kappa shape index (κ2) is 11.1. The molecule has 1 amide bonds. The molecule has 3 rings (SSSR count). The summed E-state index contributed by atoms with van der Waals surface area (Å²) in [5, 5.41) is 2.96. The minimum atomic E-state index is -0.363. The molecule has 0 bridgehead atoms. The number of aromatic nitrogens is 2. The topological polar surface area (TPSA) is 79.7 Å². The number of piperazine rings is 1. The van der Waals surface area contributed by atoms with Crippen molar-refractivity contribution in [3.05, 3.63) is 52.5 Å². The van der Waals surface area contributed by atoms with Crippen LogP contribution in [-0.4, -0.2) is 66.2 Å². The first-order valence-corrected chi connectivity index (χ1v) is 11.6. The molecule has 8 nitrogen and oxygen atoms in total. The Morgan fingerprint density at radius 1 is 1.15 bits per heavy atom. The van der Waals surface area contributed by atoms with E-state index < -0.39 is 0 Å². The predicted molar refractivity (Wildman–Crippen MR) is 130 cm³/mol. The number of ether oxygens (including phenoxy) is 1. The molecule has 0 saturated carbocycles. The van der Waals surface area contributed by atoms with E-state index in [4.69, 9.17) is 4.74 Å². The van der Waals surface area contributed by atoms with E-state index in [2.05, 4.69) is 31.7 Å². The molecule has 178 valence electrons. The molecule has 1 fully saturated rings. The van der Waals surface area contributed by atoms with Crippen LogP contribution in [0.5, 0.6) is 0 Å². The summed E-state index contributed by atoms with van der Waals surface area (Å²) in [4.78, 5) is 34.3. The van der Waals surface area contributed by atoms with Gasteiger partial charge in [-0.1, -0.05) is 6.07 Å². The summed E-state index contributed by atoms with van der Waals surface area (Å²) in [6, 6.07) is 3.89. The van der Waals surface area contributed by atoms with E-state index in [1.165, 1.54) is 6.08 Å². The van der Waals surface area contributed by atoms with Crippen molar-refractivity contribution in [2.75, 3.05) is 44.7 Å². The van der Waals surface area contributed by atoms with Crippen molar-refractivity contribution >= 4 is 23.8 Å². The number of anilines is 1. The Bertz CT molecular complexity index is 1020. The maximum atomic E-state index is 12.6. The van der Waals surface area contributed by atoms with Crippen LogP contribution in [-0.2, 0) is 22.6 Å². The van der Waals surface area contributed by atoms with E-state index >= 15 is 0 Å². The zero-order valence-corrected chi connectivity index (χ0v) is 20.4. The smallest absolute Gasteiger partial charge is 0.340 e. The predicted octanol–water partition coefficient (Wildman–Crippen LogP) is 2.78. The van der Waals surface area contributed by atoms with Crippen molar-refractivity contribution in [2.45, 2.75) is 40.8 Å². The van der Waals surface area contributed by atoms with Gasteiger partial charge in [-0.3, -0.25) is 4.79 Å². The fourth-order valence-corrected chi connectivity index (χ4v) is 4.32. The summed E-state index contributed by atoms with van der Waals surface area (Å²) in [6.07, 6.45) is 4.98. The lowest BCUT2D eigenvalue weighted by Crippen LogP contribution is -2.45. The third kappa shape index (κ3) is 5.63. The number of nitrogens with zero attached hydrogens (tertiary/aromatic N) is 4. The Hall–Kier alpha value is -3.13. The van der Waals surface area contributed by atoms with Crippen LogP contribution >= 0.6 is 0 Å². The summed E-state index contributed by atoms with van der Waals surface area (Å²) in [5.41, 5.74) is 4.01. The number of esters is 1. The molecular formula is C25H35N5O3. The molecule has 2 aromatic rings. The molecule has 33 heavy (non-hydrogen) atoms. The number of hydrogen-bond donors (Lipinski definition) is 1. The molecule has 1 aliphatic heterocycles. The van der Waals surface area contributed by atoms with Crippen molar-refractivity contribution in [3.63, 3.8) is 0 Å². The number of likely N-dealkylation sites (N-methyl/N-ethyl adjacent to an activating group) is 1. The zero-order valence-electron chi connectivity index (χ0n) is 20.4. The fraction of sp³-hybridized carbons (Fsp3) is 0.480. The minimum Gasteiger partial charge on any atom is -0.462 e. The van der Waals surface area contributed by atoms with Crippen molar-refractivity contribution in [2.24, 2.45) is 0 Å². The highest BCUT2D eigenvalue weighted by molar-refractivity contribution is 5.98. The first-order valence-electron chi connectivity index (χ1n) is 11.6. The number of amides is 1. The van der Waals surface area contributed by atoms with Crippen LogP contribution in [0.15, 0.2) is 24.4 Å². The van der Waals surface area contributed by atoms with Gasteiger partial charge >= 0.3 is 5.97 Å². The number of rotatable bonds is 8. The minimum absolute atomic E-state index is 0.223. The molecule has 0 unspecified atom stereocenters. The maximum absolute atomic E-state index is 12.6. The van der Waals surface area contributed by atoms with E-state index in [0.29, 0.717) is 18.7 Å². The largest absolute Gasteiger partial charge is 0.462 e. The maximum Gasteiger partial charge on any atom is 0.340 e. The van der Waals surface area contributed by atoms with Gasteiger partial charge in [0.1, 0.15) is 5.82 Å². The van der Waals surface area contributed by atoms with Crippen molar-refractivity contribution < 1.29 is 14.3 Å². The zero-order chi connectivity index (χ0) is 24.0. The summed E-state index contributed by atoms with van der Waals surface area (Å²) < 4.78 is 7.31. The van der Waals surface area contributed by atoms with Crippen LogP contribution in [0.4, 0.5) is 5.82 Å². The van der Waals surface area contributed by atoms with E-state index in [9.17, 15) is 9.59 Å². The van der Waals surface area contributed by atoms with Gasteiger partial charge in [-0.15, -0.1) is 0 Å². The van der Waals surface area contributed by atoms with E-state index in [0.717, 1.165) is 61.1 Å². The van der Waals surface area contributed by atoms with Gasteiger partial charge in [0, 0.05) is 74.1 Å². The van der Waals surface area contributed by atoms with Crippen LogP contribution in [0.2, 0.25) is 0 Å². The monoisotopic (exact) mass is 453 g/mol. The van der Waals surface area contributed by atoms with Crippen molar-refractivity contribution in [1.29, 1.82) is 0 Å². The van der Waals surface area contributed by atoms with Gasteiger partial charge in [0.25, 0.3) is 0 Å². The quantitative estimate of drug-likeness (QED) is 0.489.